The highest BCUT2D eigenvalue weighted by molar-refractivity contribution is 8.06. The second kappa shape index (κ2) is 12.4. The molecule has 2 aromatic heterocycles. The standard InChI is InChI=1S/C20H20ClN7O6S4/c21-14-11(26-19(23)38-14)12(27-33)15(29)25-13-16(30)28-17(34-20(31)32)10(7-36-18(13)28)37-9-2-1-4-24-8(9)6-35-5-3-22/h1-2,4,13,18,33H,3,5-7,22H2,(H2,23,26)(H,25,29)(H,31,32)/b27-12-/t13-,18+/m1/s1. The molecule has 0 aliphatic carbocycles. The van der Waals surface area contributed by atoms with E-state index in [9.17, 15) is 24.7 Å². The molecule has 2 aliphatic heterocycles. The summed E-state index contributed by atoms with van der Waals surface area (Å²) in [5.74, 6) is 0.0348. The van der Waals surface area contributed by atoms with E-state index in [1.54, 1.807) is 24.0 Å². The van der Waals surface area contributed by atoms with Crippen LogP contribution in [0.2, 0.25) is 4.34 Å². The molecule has 1 fully saturated rings. The summed E-state index contributed by atoms with van der Waals surface area (Å²) in [5, 5.41) is 23.6. The Bertz CT molecular complexity index is 1320. The summed E-state index contributed by atoms with van der Waals surface area (Å²) < 4.78 is 5.08. The normalized spacial score (nSPS) is 19.2. The number of thioether (sulfide) groups is 3. The van der Waals surface area contributed by atoms with E-state index in [1.165, 1.54) is 28.4 Å². The molecule has 38 heavy (non-hydrogen) atoms. The van der Waals surface area contributed by atoms with Gasteiger partial charge in [0.1, 0.15) is 21.4 Å². The van der Waals surface area contributed by atoms with E-state index < -0.39 is 35.1 Å². The van der Waals surface area contributed by atoms with Crippen molar-refractivity contribution in [3.63, 3.8) is 0 Å². The van der Waals surface area contributed by atoms with Gasteiger partial charge in [-0.05, 0) is 12.1 Å². The van der Waals surface area contributed by atoms with E-state index in [2.05, 4.69) is 20.4 Å². The van der Waals surface area contributed by atoms with Crippen molar-refractivity contribution in [2.45, 2.75) is 22.1 Å². The lowest BCUT2D eigenvalue weighted by Crippen LogP contribution is -2.70. The van der Waals surface area contributed by atoms with E-state index in [1.807, 2.05) is 6.07 Å². The number of ether oxygens (including phenoxy) is 1. The Kier molecular flexibility index (Phi) is 9.27. The van der Waals surface area contributed by atoms with Crippen molar-refractivity contribution >= 4 is 87.0 Å². The number of amides is 2. The van der Waals surface area contributed by atoms with E-state index in [0.717, 1.165) is 27.7 Å². The van der Waals surface area contributed by atoms with Crippen LogP contribution in [0.1, 0.15) is 11.4 Å². The fourth-order valence-electron chi connectivity index (χ4n) is 3.49. The summed E-state index contributed by atoms with van der Waals surface area (Å²) in [7, 11) is 0. The van der Waals surface area contributed by atoms with Gasteiger partial charge in [0.05, 0.1) is 10.6 Å². The molecule has 0 bridgehead atoms. The van der Waals surface area contributed by atoms with Crippen molar-refractivity contribution in [1.82, 2.24) is 20.2 Å². The molecule has 2 amide bonds. The average Bonchev–Trinajstić information content (AvgIpc) is 3.21. The van der Waals surface area contributed by atoms with Crippen LogP contribution in [0.4, 0.5) is 9.93 Å². The molecule has 2 aromatic rings. The number of hydrogen-bond acceptors (Lipinski definition) is 14. The molecule has 0 aromatic carbocycles. The van der Waals surface area contributed by atoms with Gasteiger partial charge >= 0.3 is 6.16 Å². The minimum atomic E-state index is -1.58. The first-order chi connectivity index (χ1) is 18.2. The summed E-state index contributed by atoms with van der Waals surface area (Å²) >= 11 is 11.1. The van der Waals surface area contributed by atoms with E-state index in [4.69, 9.17) is 27.8 Å². The lowest BCUT2D eigenvalue weighted by Gasteiger charge is -2.48. The van der Waals surface area contributed by atoms with Crippen LogP contribution < -0.4 is 16.8 Å². The summed E-state index contributed by atoms with van der Waals surface area (Å²) in [6.45, 7) is 0.533. The van der Waals surface area contributed by atoms with Gasteiger partial charge in [0.15, 0.2) is 10.8 Å². The molecular formula is C20H20ClN7O6S4. The lowest BCUT2D eigenvalue weighted by atomic mass is 10.1. The minimum Gasteiger partial charge on any atom is -0.449 e. The Hall–Kier alpha value is -2.70. The van der Waals surface area contributed by atoms with Crippen LogP contribution in [0.15, 0.2) is 39.2 Å². The molecule has 18 heteroatoms. The molecule has 4 rings (SSSR count). The molecule has 2 aliphatic rings. The first kappa shape index (κ1) is 28.3. The van der Waals surface area contributed by atoms with Gasteiger partial charge < -0.3 is 31.8 Å². The number of carbonyl (C=O) groups is 3. The highest BCUT2D eigenvalue weighted by atomic mass is 35.5. The number of oxime groups is 1. The molecule has 0 spiro atoms. The van der Waals surface area contributed by atoms with E-state index >= 15 is 0 Å². The number of nitrogens with zero attached hydrogens (tertiary/aromatic N) is 4. The number of pyridine rings is 1. The molecule has 2 atom stereocenters. The van der Waals surface area contributed by atoms with Crippen molar-refractivity contribution in [1.29, 1.82) is 0 Å². The van der Waals surface area contributed by atoms with Gasteiger partial charge in [-0.3, -0.25) is 19.5 Å². The number of β-lactam (4-membered cyclic amide) rings is 1. The van der Waals surface area contributed by atoms with Crippen LogP contribution in [-0.2, 0) is 20.1 Å². The second-order valence-electron chi connectivity index (χ2n) is 7.47. The second-order valence-corrected chi connectivity index (χ2v) is 12.5. The Labute approximate surface area is 237 Å². The molecule has 7 N–H and O–H groups in total. The predicted molar refractivity (Wildman–Crippen MR) is 146 cm³/mol. The first-order valence-electron chi connectivity index (χ1n) is 10.7. The fourth-order valence-corrected chi connectivity index (χ4v) is 7.73. The zero-order chi connectivity index (χ0) is 27.4. The highest BCUT2D eigenvalue weighted by Crippen LogP contribution is 2.46. The molecule has 0 radical (unpaired) electrons. The first-order valence-corrected chi connectivity index (χ1v) is 14.9. The number of fused-ring (bicyclic) bond motifs is 1. The van der Waals surface area contributed by atoms with Gasteiger partial charge in [0.25, 0.3) is 11.8 Å². The van der Waals surface area contributed by atoms with Gasteiger partial charge in [0.2, 0.25) is 5.88 Å². The summed E-state index contributed by atoms with van der Waals surface area (Å²) in [4.78, 5) is 48.1. The smallest absolute Gasteiger partial charge is 0.449 e. The number of hydrogen-bond donors (Lipinski definition) is 5. The molecular weight excluding hydrogens is 598 g/mol. The molecule has 202 valence electrons. The van der Waals surface area contributed by atoms with Crippen LogP contribution in [0.3, 0.4) is 0 Å². The number of anilines is 1. The fraction of sp³-hybridized carbons (Fsp3) is 0.300. The number of nitrogens with one attached hydrogen (secondary N) is 1. The van der Waals surface area contributed by atoms with E-state index in [0.29, 0.717) is 23.0 Å². The monoisotopic (exact) mass is 617 g/mol. The Morgan fingerprint density at radius 2 is 2.21 bits per heavy atom. The Balaban J connectivity index is 1.53. The molecule has 13 nitrogen and oxygen atoms in total. The lowest BCUT2D eigenvalue weighted by molar-refractivity contribution is -0.148. The number of nitrogens with two attached hydrogens (primary N) is 2. The average molecular weight is 618 g/mol. The SMILES string of the molecule is NCCSCc1ncccc1SC1=C(OC(=O)O)N2C(=O)[C@@H](NC(=O)/C(=N\O)c3nc(N)sc3Cl)[C@@H]2SC1. The summed E-state index contributed by atoms with van der Waals surface area (Å²) in [6.07, 6.45) is 0.0832. The number of thiazole rings is 1. The molecule has 0 saturated carbocycles. The quantitative estimate of drug-likeness (QED) is 0.0648. The number of carboxylic acid groups (broad SMARTS) is 1. The van der Waals surface area contributed by atoms with Crippen molar-refractivity contribution < 1.29 is 29.4 Å². The van der Waals surface area contributed by atoms with Crippen molar-refractivity contribution in [2.75, 3.05) is 23.8 Å². The van der Waals surface area contributed by atoms with Gasteiger partial charge in [-0.2, -0.15) is 11.8 Å². The zero-order valence-electron chi connectivity index (χ0n) is 19.2. The van der Waals surface area contributed by atoms with Gasteiger partial charge in [-0.15, -0.1) is 11.8 Å². The van der Waals surface area contributed by atoms with Crippen LogP contribution in [0, 0.1) is 0 Å². The van der Waals surface area contributed by atoms with E-state index in [-0.39, 0.29) is 21.0 Å². The third-order valence-corrected chi connectivity index (χ3v) is 9.79. The maximum atomic E-state index is 13.1. The van der Waals surface area contributed by atoms with Gasteiger partial charge in [-0.25, -0.2) is 9.78 Å². The third-order valence-electron chi connectivity index (χ3n) is 5.08. The number of aromatic nitrogens is 2. The maximum Gasteiger partial charge on any atom is 0.512 e. The van der Waals surface area contributed by atoms with Crippen LogP contribution >= 0.6 is 58.2 Å². The molecule has 0 unspecified atom stereocenters. The minimum absolute atomic E-state index is 0.0389. The maximum absolute atomic E-state index is 13.1. The third kappa shape index (κ3) is 5.97. The summed E-state index contributed by atoms with van der Waals surface area (Å²) in [5.41, 5.74) is 11.3. The number of carbonyl (C=O) groups excluding carboxylic acids is 2. The highest BCUT2D eigenvalue weighted by Gasteiger charge is 2.54. The van der Waals surface area contributed by atoms with Gasteiger partial charge in [0, 0.05) is 34.9 Å². The summed E-state index contributed by atoms with van der Waals surface area (Å²) in [6, 6.07) is 2.57. The zero-order valence-corrected chi connectivity index (χ0v) is 23.2. The number of rotatable bonds is 10. The van der Waals surface area contributed by atoms with Crippen LogP contribution in [0.25, 0.3) is 0 Å². The Morgan fingerprint density at radius 3 is 2.87 bits per heavy atom. The predicted octanol–water partition coefficient (Wildman–Crippen LogP) is 2.20. The Morgan fingerprint density at radius 1 is 1.42 bits per heavy atom. The van der Waals surface area contributed by atoms with Crippen LogP contribution in [-0.4, -0.2) is 78.3 Å². The van der Waals surface area contributed by atoms with Gasteiger partial charge in [-0.1, -0.05) is 39.9 Å². The molecule has 1 saturated heterocycles. The number of nitrogen functional groups attached to an aromatic ring is 1. The van der Waals surface area contributed by atoms with Crippen molar-refractivity contribution in [3.8, 4) is 0 Å². The number of halogens is 1. The largest absolute Gasteiger partial charge is 0.512 e. The molecule has 4 heterocycles. The van der Waals surface area contributed by atoms with Crippen LogP contribution in [0.5, 0.6) is 0 Å². The van der Waals surface area contributed by atoms with Crippen molar-refractivity contribution in [3.05, 3.63) is 44.8 Å². The van der Waals surface area contributed by atoms with Crippen molar-refractivity contribution in [2.24, 2.45) is 10.9 Å². The topological polar surface area (TPSA) is 206 Å².